The van der Waals surface area contributed by atoms with Crippen molar-refractivity contribution in [1.29, 1.82) is 0 Å². The molecule has 1 radical (unpaired) electrons. The number of hydrogen-bond donors (Lipinski definition) is 1. The Kier molecular flexibility index (Phi) is 16.6. The van der Waals surface area contributed by atoms with Gasteiger partial charge in [-0.15, -0.1) is 5.69 Å². The van der Waals surface area contributed by atoms with E-state index in [4.69, 9.17) is 9.47 Å². The molecule has 0 spiro atoms. The fourth-order valence-electron chi connectivity index (χ4n) is 6.68. The van der Waals surface area contributed by atoms with Crippen molar-refractivity contribution in [1.82, 2.24) is 9.80 Å². The standard InChI is InChI=1S/C37H42N4O5.C6H11O2S.Y/c1-5-10-25-16-27-20-38-30-18-33(23(3)14-28(30)36(43)40(27)21-25)45-12-8-7-9-13-46-34-19-31-29(15-24(34)4)37(44)41-22-26(11-6-2)17-32(41)35(42)39-31;1-6(2,9-3)4-8-5-7;/h5-6,10-11,14-15,18-22,27,32,35,42H,7-9,12-13,16-17H2,1-4H3,(H,39,44);4H2,1-3H3;/q;-1;/p-1/b10-5+,11-6+;;/t27-,32-,35?;;/m0../s1. The van der Waals surface area contributed by atoms with E-state index in [1.54, 1.807) is 27.6 Å². The van der Waals surface area contributed by atoms with Gasteiger partial charge in [-0.1, -0.05) is 30.8 Å². The van der Waals surface area contributed by atoms with Gasteiger partial charge in [0.25, 0.3) is 11.8 Å². The molecule has 6 rings (SSSR count). The van der Waals surface area contributed by atoms with Crippen molar-refractivity contribution in [2.45, 2.75) is 96.7 Å². The minimum atomic E-state index is -1.01. The summed E-state index contributed by atoms with van der Waals surface area (Å²) in [5.41, 5.74) is 6.04. The maximum absolute atomic E-state index is 13.3. The summed E-state index contributed by atoms with van der Waals surface area (Å²) in [6, 6.07) is 6.85. The first-order valence-electron chi connectivity index (χ1n) is 18.7. The normalized spacial score (nSPS) is 19.7. The largest absolute Gasteiger partial charge is 0.658 e. The summed E-state index contributed by atoms with van der Waals surface area (Å²) in [4.78, 5) is 44.3. The number of amides is 2. The van der Waals surface area contributed by atoms with E-state index in [1.807, 2.05) is 109 Å². The fraction of sp³-hybridized carbons (Fsp3) is 0.442. The van der Waals surface area contributed by atoms with E-state index < -0.39 is 12.3 Å². The SMILES string of the molecule is C/C=C/C1=CN2C(=O)c3cc(C)c(OCCCCCOc4cc5c(cc4C)C(=O)N4C=C(/C=C/C)C[C@H]4C(O)[N-]5)cc3N=C[C@@H]2C1.CSC(C)(C)CO[C-]=O.[Y]. The van der Waals surface area contributed by atoms with Crippen molar-refractivity contribution in [2.75, 3.05) is 26.1 Å². The van der Waals surface area contributed by atoms with Gasteiger partial charge in [0.2, 0.25) is 0 Å². The number of thioether (sulfide) groups is 1. The van der Waals surface area contributed by atoms with E-state index in [0.717, 1.165) is 53.7 Å². The van der Waals surface area contributed by atoms with Crippen LogP contribution in [0.15, 0.2) is 77.1 Å². The summed E-state index contributed by atoms with van der Waals surface area (Å²) < 4.78 is 16.7. The fourth-order valence-corrected chi connectivity index (χ4v) is 6.86. The monoisotopic (exact) mass is 857 g/mol. The average molecular weight is 858 g/mol. The van der Waals surface area contributed by atoms with Crippen LogP contribution in [0.3, 0.4) is 0 Å². The van der Waals surface area contributed by atoms with Crippen LogP contribution >= 0.6 is 11.8 Å². The van der Waals surface area contributed by atoms with Crippen molar-refractivity contribution >= 4 is 47.6 Å². The number of allylic oxidation sites excluding steroid dienone is 4. The zero-order valence-electron chi connectivity index (χ0n) is 33.4. The number of carbonyl (C=O) groups excluding carboxylic acids is 3. The minimum Gasteiger partial charge on any atom is -0.658 e. The summed E-state index contributed by atoms with van der Waals surface area (Å²) in [5.74, 6) is 1.20. The second-order valence-corrected chi connectivity index (χ2v) is 16.1. The van der Waals surface area contributed by atoms with Crippen molar-refractivity contribution in [2.24, 2.45) is 4.99 Å². The summed E-state index contributed by atoms with van der Waals surface area (Å²) in [7, 11) is 0. The maximum Gasteiger partial charge on any atom is 0.260 e. The molecule has 0 bridgehead atoms. The molecule has 1 N–H and O–H groups in total. The molecule has 297 valence electrons. The Morgan fingerprint density at radius 1 is 0.911 bits per heavy atom. The molecule has 11 nitrogen and oxygen atoms in total. The number of aliphatic hydroxyl groups is 1. The van der Waals surface area contributed by atoms with E-state index in [9.17, 15) is 19.5 Å². The van der Waals surface area contributed by atoms with Crippen molar-refractivity contribution < 1.29 is 66.4 Å². The summed E-state index contributed by atoms with van der Waals surface area (Å²) in [5, 5.41) is 15.3. The maximum atomic E-state index is 13.3. The van der Waals surface area contributed by atoms with E-state index >= 15 is 0 Å². The Bertz CT molecular complexity index is 1910. The number of aliphatic hydroxyl groups excluding tert-OH is 1. The molecule has 4 aliphatic rings. The molecular weight excluding hydrogens is 805 g/mol. The third kappa shape index (κ3) is 11.0. The summed E-state index contributed by atoms with van der Waals surface area (Å²) in [6.45, 7) is 14.7. The van der Waals surface area contributed by atoms with Crippen LogP contribution in [0.2, 0.25) is 0 Å². The second kappa shape index (κ2) is 20.6. The van der Waals surface area contributed by atoms with Gasteiger partial charge in [-0.25, -0.2) is 0 Å². The zero-order chi connectivity index (χ0) is 39.7. The van der Waals surface area contributed by atoms with Gasteiger partial charge in [0.1, 0.15) is 11.5 Å². The third-order valence-corrected chi connectivity index (χ3v) is 11.1. The van der Waals surface area contributed by atoms with E-state index in [1.165, 1.54) is 6.47 Å². The smallest absolute Gasteiger partial charge is 0.260 e. The van der Waals surface area contributed by atoms with Gasteiger partial charge in [-0.2, -0.15) is 11.8 Å². The molecule has 56 heavy (non-hydrogen) atoms. The quantitative estimate of drug-likeness (QED) is 0.148. The van der Waals surface area contributed by atoms with Crippen LogP contribution in [0, 0.1) is 13.8 Å². The van der Waals surface area contributed by atoms with Crippen LogP contribution in [0.4, 0.5) is 11.4 Å². The number of ether oxygens (including phenoxy) is 3. The molecule has 2 aromatic carbocycles. The van der Waals surface area contributed by atoms with Gasteiger partial charge in [-0.05, 0) is 120 Å². The first-order chi connectivity index (χ1) is 26.4. The molecule has 2 aromatic rings. The minimum absolute atomic E-state index is 0. The average Bonchev–Trinajstić information content (AvgIpc) is 3.73. The predicted octanol–water partition coefficient (Wildman–Crippen LogP) is 8.54. The van der Waals surface area contributed by atoms with Crippen LogP contribution < -0.4 is 9.47 Å². The first kappa shape index (κ1) is 45.0. The Labute approximate surface area is 360 Å². The van der Waals surface area contributed by atoms with Crippen LogP contribution in [-0.2, 0) is 42.2 Å². The van der Waals surface area contributed by atoms with E-state index in [0.29, 0.717) is 54.5 Å². The van der Waals surface area contributed by atoms with E-state index in [-0.39, 0.29) is 55.3 Å². The van der Waals surface area contributed by atoms with Gasteiger partial charge < -0.3 is 39.2 Å². The Hall–Kier alpha value is -3.71. The molecule has 0 saturated carbocycles. The van der Waals surface area contributed by atoms with Crippen molar-refractivity contribution in [3.8, 4) is 11.5 Å². The molecule has 3 atom stereocenters. The second-order valence-electron chi connectivity index (χ2n) is 14.6. The van der Waals surface area contributed by atoms with E-state index in [2.05, 4.69) is 15.0 Å². The molecule has 0 aliphatic carbocycles. The molecule has 4 aliphatic heterocycles. The van der Waals surface area contributed by atoms with Crippen molar-refractivity contribution in [3.05, 3.63) is 99.7 Å². The molecule has 0 aromatic heterocycles. The van der Waals surface area contributed by atoms with Crippen LogP contribution in [0.1, 0.15) is 91.6 Å². The molecule has 13 heteroatoms. The Balaban J connectivity index is 0.000000622. The number of hydrogen-bond acceptors (Lipinski definition) is 9. The number of nitrogens with zero attached hydrogens (tertiary/aromatic N) is 4. The van der Waals surface area contributed by atoms with Crippen molar-refractivity contribution in [3.63, 3.8) is 0 Å². The summed E-state index contributed by atoms with van der Waals surface area (Å²) >= 11 is 1.66. The molecule has 0 fully saturated rings. The Morgan fingerprint density at radius 2 is 1.50 bits per heavy atom. The van der Waals surface area contributed by atoms with Gasteiger partial charge in [0.05, 0.1) is 43.2 Å². The number of fused-ring (bicyclic) bond motifs is 4. The summed E-state index contributed by atoms with van der Waals surface area (Å²) in [6.07, 6.45) is 18.4. The van der Waals surface area contributed by atoms with Gasteiger partial charge in [0, 0.05) is 73.9 Å². The van der Waals surface area contributed by atoms with Gasteiger partial charge in [-0.3, -0.25) is 14.6 Å². The molecule has 4 heterocycles. The molecule has 1 unspecified atom stereocenters. The van der Waals surface area contributed by atoms with Crippen LogP contribution in [0.5, 0.6) is 11.5 Å². The Morgan fingerprint density at radius 3 is 2.12 bits per heavy atom. The first-order valence-corrected chi connectivity index (χ1v) is 20.0. The molecule has 2 amide bonds. The number of rotatable bonds is 14. The third-order valence-electron chi connectivity index (χ3n) is 9.83. The number of unbranched alkanes of at least 4 members (excludes halogenated alkanes) is 2. The van der Waals surface area contributed by atoms with Crippen LogP contribution in [-0.4, -0.2) is 88.5 Å². The van der Waals surface area contributed by atoms with Gasteiger partial charge in [0.15, 0.2) is 0 Å². The molecular formula is C43H52N4O7SY-2. The number of benzene rings is 2. The zero-order valence-corrected chi connectivity index (χ0v) is 37.1. The molecule has 0 saturated heterocycles. The predicted molar refractivity (Wildman–Crippen MR) is 219 cm³/mol. The number of aliphatic imine (C=N–C) groups is 1. The van der Waals surface area contributed by atoms with Gasteiger partial charge >= 0.3 is 0 Å². The topological polar surface area (TPSA) is 132 Å². The number of aryl methyl sites for hydroxylation is 2. The van der Waals surface area contributed by atoms with Crippen LogP contribution in [0.25, 0.3) is 5.32 Å². The number of carbonyl (C=O) groups is 2.